The fraction of sp³-hybridized carbons (Fsp3) is 0.389. The molecule has 0 saturated carbocycles. The van der Waals surface area contributed by atoms with Gasteiger partial charge in [-0.3, -0.25) is 14.5 Å². The molecular weight excluding hydrogens is 427 g/mol. The van der Waals surface area contributed by atoms with E-state index in [0.717, 1.165) is 13.0 Å². The van der Waals surface area contributed by atoms with Gasteiger partial charge in [0.05, 0.1) is 29.0 Å². The number of halogens is 3. The summed E-state index contributed by atoms with van der Waals surface area (Å²) in [5.41, 5.74) is 0. The molecule has 0 radical (unpaired) electrons. The molecule has 1 aromatic carbocycles. The van der Waals surface area contributed by atoms with Gasteiger partial charge in [0.15, 0.2) is 5.75 Å². The Morgan fingerprint density at radius 1 is 1.29 bits per heavy atom. The van der Waals surface area contributed by atoms with Crippen molar-refractivity contribution in [1.82, 2.24) is 19.8 Å². The van der Waals surface area contributed by atoms with Crippen LogP contribution in [-0.2, 0) is 16.1 Å². The van der Waals surface area contributed by atoms with Crippen molar-refractivity contribution in [1.29, 1.82) is 0 Å². The van der Waals surface area contributed by atoms with E-state index in [2.05, 4.69) is 10.3 Å². The number of nitrogens with zero attached hydrogens (tertiary/aromatic N) is 3. The molecule has 150 valence electrons. The van der Waals surface area contributed by atoms with Crippen molar-refractivity contribution in [2.45, 2.75) is 25.4 Å². The van der Waals surface area contributed by atoms with Gasteiger partial charge in [0.2, 0.25) is 11.8 Å². The van der Waals surface area contributed by atoms with E-state index >= 15 is 0 Å². The van der Waals surface area contributed by atoms with Gasteiger partial charge < -0.3 is 14.6 Å². The molecule has 2 heterocycles. The number of hydrogen-bond donors (Lipinski definition) is 1. The summed E-state index contributed by atoms with van der Waals surface area (Å²) in [7, 11) is 0. The number of ether oxygens (including phenoxy) is 1. The number of nitrogens with one attached hydrogen (secondary N) is 1. The fourth-order valence-corrected chi connectivity index (χ4v) is 3.89. The zero-order valence-corrected chi connectivity index (χ0v) is 17.2. The number of carbonyl (C=O) groups is 2. The lowest BCUT2D eigenvalue weighted by molar-refractivity contribution is -0.146. The van der Waals surface area contributed by atoms with E-state index in [1.807, 2.05) is 0 Å². The number of amides is 2. The van der Waals surface area contributed by atoms with Crippen LogP contribution in [0.15, 0.2) is 30.9 Å². The molecule has 1 N–H and O–H groups in total. The van der Waals surface area contributed by atoms with Crippen LogP contribution in [0, 0.1) is 0 Å². The Kier molecular flexibility index (Phi) is 7.18. The molecule has 1 saturated heterocycles. The first-order valence-corrected chi connectivity index (χ1v) is 9.90. The zero-order valence-electron chi connectivity index (χ0n) is 14.9. The Hall–Kier alpha value is -1.80. The van der Waals surface area contributed by atoms with Gasteiger partial charge in [0.1, 0.15) is 13.2 Å². The third kappa shape index (κ3) is 5.17. The number of carbonyl (C=O) groups excluding carboxylic acids is 2. The normalized spacial score (nSPS) is 16.2. The zero-order chi connectivity index (χ0) is 20.1. The van der Waals surface area contributed by atoms with Gasteiger partial charge >= 0.3 is 0 Å². The minimum Gasteiger partial charge on any atom is -0.489 e. The number of rotatable bonds is 7. The number of imide groups is 1. The second-order valence-electron chi connectivity index (χ2n) is 6.31. The summed E-state index contributed by atoms with van der Waals surface area (Å²) >= 11 is 18.1. The molecular formula is C18H19Cl3N4O3. The number of benzene rings is 1. The van der Waals surface area contributed by atoms with E-state index in [4.69, 9.17) is 39.5 Å². The molecule has 10 heteroatoms. The fourth-order valence-electron chi connectivity index (χ4n) is 2.97. The predicted octanol–water partition coefficient (Wildman–Crippen LogP) is 3.03. The highest BCUT2D eigenvalue weighted by Crippen LogP contribution is 2.35. The average molecular weight is 446 g/mol. The maximum Gasteiger partial charge on any atom is 0.249 e. The van der Waals surface area contributed by atoms with Crippen LogP contribution in [0.1, 0.15) is 12.8 Å². The summed E-state index contributed by atoms with van der Waals surface area (Å²) in [4.78, 5) is 30.7. The van der Waals surface area contributed by atoms with E-state index in [0.29, 0.717) is 11.4 Å². The molecule has 28 heavy (non-hydrogen) atoms. The van der Waals surface area contributed by atoms with Gasteiger partial charge in [0.25, 0.3) is 0 Å². The summed E-state index contributed by atoms with van der Waals surface area (Å²) in [6, 6.07) is 2.66. The summed E-state index contributed by atoms with van der Waals surface area (Å²) in [5.74, 6) is -0.339. The summed E-state index contributed by atoms with van der Waals surface area (Å²) in [6.45, 7) is 0.891. The maximum atomic E-state index is 12.8. The molecule has 1 atom stereocenters. The quantitative estimate of drug-likeness (QED) is 0.709. The Morgan fingerprint density at radius 2 is 2.04 bits per heavy atom. The molecule has 0 bridgehead atoms. The second kappa shape index (κ2) is 9.60. The molecule has 1 aliphatic heterocycles. The second-order valence-corrected chi connectivity index (χ2v) is 7.57. The lowest BCUT2D eigenvalue weighted by Crippen LogP contribution is -2.49. The van der Waals surface area contributed by atoms with E-state index < -0.39 is 0 Å². The van der Waals surface area contributed by atoms with Crippen LogP contribution in [0.2, 0.25) is 15.1 Å². The maximum absolute atomic E-state index is 12.8. The number of aromatic nitrogens is 2. The van der Waals surface area contributed by atoms with Gasteiger partial charge in [0, 0.05) is 17.4 Å². The van der Waals surface area contributed by atoms with E-state index in [1.165, 1.54) is 23.4 Å². The van der Waals surface area contributed by atoms with Gasteiger partial charge in [-0.25, -0.2) is 4.98 Å². The molecule has 2 aromatic rings. The third-order valence-electron chi connectivity index (χ3n) is 4.33. The van der Waals surface area contributed by atoms with Gasteiger partial charge in [-0.2, -0.15) is 0 Å². The first kappa shape index (κ1) is 20.9. The smallest absolute Gasteiger partial charge is 0.249 e. The highest BCUT2D eigenvalue weighted by atomic mass is 35.5. The molecule has 0 aliphatic carbocycles. The summed E-state index contributed by atoms with van der Waals surface area (Å²) in [5, 5.41) is 4.04. The van der Waals surface area contributed by atoms with E-state index in [1.54, 1.807) is 17.0 Å². The number of imidazole rings is 1. The molecule has 3 rings (SSSR count). The molecule has 1 fully saturated rings. The van der Waals surface area contributed by atoms with Crippen LogP contribution in [0.4, 0.5) is 0 Å². The Morgan fingerprint density at radius 3 is 2.64 bits per heavy atom. The Balaban J connectivity index is 1.68. The first-order chi connectivity index (χ1) is 13.5. The van der Waals surface area contributed by atoms with Crippen molar-refractivity contribution in [3.8, 4) is 5.75 Å². The lowest BCUT2D eigenvalue weighted by Gasteiger charge is -2.24. The molecule has 7 nitrogen and oxygen atoms in total. The van der Waals surface area contributed by atoms with Crippen molar-refractivity contribution in [2.24, 2.45) is 0 Å². The van der Waals surface area contributed by atoms with Crippen LogP contribution in [-0.4, -0.2) is 52.0 Å². The average Bonchev–Trinajstić information content (AvgIpc) is 3.33. The van der Waals surface area contributed by atoms with Crippen molar-refractivity contribution in [3.05, 3.63) is 45.9 Å². The molecule has 1 aliphatic rings. The number of hydrogen-bond acceptors (Lipinski definition) is 5. The lowest BCUT2D eigenvalue weighted by atomic mass is 10.2. The predicted molar refractivity (Wildman–Crippen MR) is 107 cm³/mol. The topological polar surface area (TPSA) is 76.5 Å². The minimum absolute atomic E-state index is 0.0148. The minimum atomic E-state index is -0.366. The summed E-state index contributed by atoms with van der Waals surface area (Å²) < 4.78 is 7.25. The molecule has 0 spiro atoms. The third-order valence-corrected chi connectivity index (χ3v) is 5.11. The van der Waals surface area contributed by atoms with Gasteiger partial charge in [-0.15, -0.1) is 0 Å². The molecule has 0 unspecified atom stereocenters. The summed E-state index contributed by atoms with van der Waals surface area (Å²) in [6.07, 6.45) is 6.36. The van der Waals surface area contributed by atoms with Gasteiger partial charge in [-0.05, 0) is 31.5 Å². The first-order valence-electron chi connectivity index (χ1n) is 8.76. The molecule has 1 aromatic heterocycles. The van der Waals surface area contributed by atoms with E-state index in [9.17, 15) is 9.59 Å². The largest absolute Gasteiger partial charge is 0.489 e. The van der Waals surface area contributed by atoms with Gasteiger partial charge in [-0.1, -0.05) is 34.8 Å². The van der Waals surface area contributed by atoms with E-state index in [-0.39, 0.29) is 53.3 Å². The highest BCUT2D eigenvalue weighted by Gasteiger charge is 2.30. The van der Waals surface area contributed by atoms with Crippen LogP contribution < -0.4 is 10.1 Å². The Labute approximate surface area is 177 Å². The van der Waals surface area contributed by atoms with Crippen LogP contribution in [0.3, 0.4) is 0 Å². The van der Waals surface area contributed by atoms with Crippen LogP contribution in [0.5, 0.6) is 5.75 Å². The van der Waals surface area contributed by atoms with Crippen molar-refractivity contribution < 1.29 is 14.3 Å². The van der Waals surface area contributed by atoms with Crippen molar-refractivity contribution in [2.75, 3.05) is 19.7 Å². The van der Waals surface area contributed by atoms with Crippen molar-refractivity contribution >= 4 is 46.6 Å². The van der Waals surface area contributed by atoms with Crippen LogP contribution in [0.25, 0.3) is 0 Å². The van der Waals surface area contributed by atoms with Crippen molar-refractivity contribution in [3.63, 3.8) is 0 Å². The van der Waals surface area contributed by atoms with Crippen LogP contribution >= 0.6 is 34.8 Å². The molecule has 2 amide bonds. The standard InChI is InChI=1S/C18H19Cl3N4O3/c19-12-8-13(20)17(14(21)9-12)28-7-6-25(18(27)15-2-1-3-23-15)16(26)10-24-5-4-22-11-24/h4-5,8-9,11,15,23H,1-3,6-7,10H2/t15-/m0/s1. The highest BCUT2D eigenvalue weighted by molar-refractivity contribution is 6.40. The monoisotopic (exact) mass is 444 g/mol. The Bertz CT molecular complexity index is 816. The SMILES string of the molecule is O=C(Cn1ccnc1)N(CCOc1c(Cl)cc(Cl)cc1Cl)C(=O)[C@@H]1CCCN1.